The molecular formula is C18H19N3O4S. The van der Waals surface area contributed by atoms with Crippen molar-refractivity contribution in [3.8, 4) is 17.1 Å². The molecule has 2 aromatic carbocycles. The third-order valence-corrected chi connectivity index (χ3v) is 5.09. The van der Waals surface area contributed by atoms with Gasteiger partial charge in [0.25, 0.3) is 0 Å². The van der Waals surface area contributed by atoms with Crippen molar-refractivity contribution >= 4 is 10.0 Å². The molecular weight excluding hydrogens is 354 g/mol. The van der Waals surface area contributed by atoms with E-state index in [1.165, 1.54) is 0 Å². The summed E-state index contributed by atoms with van der Waals surface area (Å²) in [7, 11) is -1.89. The van der Waals surface area contributed by atoms with Crippen LogP contribution in [0.1, 0.15) is 11.5 Å². The number of ether oxygens (including phenoxy) is 1. The molecule has 8 heteroatoms. The zero-order valence-corrected chi connectivity index (χ0v) is 15.1. The molecule has 0 bridgehead atoms. The topological polar surface area (TPSA) is 94.3 Å². The number of methoxy groups -OCH3 is 1. The molecule has 1 N–H and O–H groups in total. The van der Waals surface area contributed by atoms with E-state index in [9.17, 15) is 8.42 Å². The smallest absolute Gasteiger partial charge is 0.242 e. The normalized spacial score (nSPS) is 11.4. The highest BCUT2D eigenvalue weighted by Crippen LogP contribution is 2.26. The molecule has 136 valence electrons. The van der Waals surface area contributed by atoms with E-state index < -0.39 is 10.0 Å². The molecule has 0 aliphatic heterocycles. The van der Waals surface area contributed by atoms with Crippen LogP contribution in [0.5, 0.6) is 5.75 Å². The minimum absolute atomic E-state index is 0.00941. The molecule has 1 heterocycles. The van der Waals surface area contributed by atoms with E-state index in [0.29, 0.717) is 23.6 Å². The van der Waals surface area contributed by atoms with Crippen LogP contribution in [0.2, 0.25) is 0 Å². The number of benzene rings is 2. The fraction of sp³-hybridized carbons (Fsp3) is 0.222. The van der Waals surface area contributed by atoms with Crippen molar-refractivity contribution in [1.82, 2.24) is 14.9 Å². The molecule has 0 spiro atoms. The Bertz CT molecular complexity index is 955. The predicted molar refractivity (Wildman–Crippen MR) is 97.1 cm³/mol. The zero-order chi connectivity index (χ0) is 18.4. The van der Waals surface area contributed by atoms with Gasteiger partial charge in [-0.15, -0.1) is 0 Å². The molecule has 0 radical (unpaired) electrons. The number of nitrogens with zero attached hydrogens (tertiary/aromatic N) is 2. The van der Waals surface area contributed by atoms with Crippen LogP contribution in [-0.2, 0) is 23.0 Å². The van der Waals surface area contributed by atoms with Crippen molar-refractivity contribution < 1.29 is 17.7 Å². The van der Waals surface area contributed by atoms with Gasteiger partial charge >= 0.3 is 0 Å². The summed E-state index contributed by atoms with van der Waals surface area (Å²) in [5.41, 5.74) is 1.64. The molecule has 3 rings (SSSR count). The van der Waals surface area contributed by atoms with Gasteiger partial charge in [-0.3, -0.25) is 0 Å². The van der Waals surface area contributed by atoms with Crippen molar-refractivity contribution in [2.75, 3.05) is 12.9 Å². The third kappa shape index (κ3) is 4.68. The van der Waals surface area contributed by atoms with E-state index in [2.05, 4.69) is 14.9 Å². The fourth-order valence-electron chi connectivity index (χ4n) is 2.41. The summed E-state index contributed by atoms with van der Waals surface area (Å²) in [6, 6.07) is 16.7. The van der Waals surface area contributed by atoms with Crippen LogP contribution >= 0.6 is 0 Å². The van der Waals surface area contributed by atoms with Crippen LogP contribution < -0.4 is 9.46 Å². The Morgan fingerprint density at radius 1 is 1.08 bits per heavy atom. The van der Waals surface area contributed by atoms with Gasteiger partial charge in [0, 0.05) is 0 Å². The lowest BCUT2D eigenvalue weighted by Crippen LogP contribution is -2.27. The monoisotopic (exact) mass is 373 g/mol. The van der Waals surface area contributed by atoms with Crippen LogP contribution in [0.4, 0.5) is 0 Å². The molecule has 0 saturated heterocycles. The fourth-order valence-corrected chi connectivity index (χ4v) is 3.40. The molecule has 0 aliphatic carbocycles. The molecule has 0 aliphatic rings. The molecule has 0 saturated carbocycles. The highest BCUT2D eigenvalue weighted by Gasteiger charge is 2.15. The Kier molecular flexibility index (Phi) is 5.65. The lowest BCUT2D eigenvalue weighted by Gasteiger charge is -2.04. The Hall–Kier alpha value is -2.71. The van der Waals surface area contributed by atoms with Crippen LogP contribution in [0, 0.1) is 0 Å². The van der Waals surface area contributed by atoms with Gasteiger partial charge in [0.05, 0.1) is 25.0 Å². The van der Waals surface area contributed by atoms with E-state index in [1.807, 2.05) is 42.5 Å². The van der Waals surface area contributed by atoms with E-state index in [-0.39, 0.29) is 18.2 Å². The highest BCUT2D eigenvalue weighted by molar-refractivity contribution is 7.89. The average molecular weight is 373 g/mol. The van der Waals surface area contributed by atoms with Crippen molar-refractivity contribution in [2.45, 2.75) is 13.0 Å². The van der Waals surface area contributed by atoms with Crippen LogP contribution in [0.15, 0.2) is 59.1 Å². The Labute approximate surface area is 152 Å². The van der Waals surface area contributed by atoms with Crippen molar-refractivity contribution in [3.63, 3.8) is 0 Å². The lowest BCUT2D eigenvalue weighted by atomic mass is 10.2. The summed E-state index contributed by atoms with van der Waals surface area (Å²) in [4.78, 5) is 4.23. The highest BCUT2D eigenvalue weighted by atomic mass is 32.2. The Morgan fingerprint density at radius 2 is 1.81 bits per heavy atom. The average Bonchev–Trinajstić information content (AvgIpc) is 3.15. The first-order chi connectivity index (χ1) is 12.6. The second-order valence-electron chi connectivity index (χ2n) is 5.59. The van der Waals surface area contributed by atoms with Gasteiger partial charge in [0.15, 0.2) is 0 Å². The van der Waals surface area contributed by atoms with Gasteiger partial charge in [-0.2, -0.15) is 4.98 Å². The van der Waals surface area contributed by atoms with Gasteiger partial charge in [-0.05, 0) is 24.1 Å². The molecule has 0 unspecified atom stereocenters. The summed E-state index contributed by atoms with van der Waals surface area (Å²) in [6.07, 6.45) is 0.437. The van der Waals surface area contributed by atoms with Gasteiger partial charge in [0.2, 0.25) is 21.7 Å². The first kappa shape index (κ1) is 18.1. The summed E-state index contributed by atoms with van der Waals surface area (Å²) in [5, 5.41) is 3.89. The first-order valence-corrected chi connectivity index (χ1v) is 9.70. The molecule has 7 nitrogen and oxygen atoms in total. The number of para-hydroxylation sites is 1. The van der Waals surface area contributed by atoms with Gasteiger partial charge in [0.1, 0.15) is 5.75 Å². The largest absolute Gasteiger partial charge is 0.496 e. The second-order valence-corrected chi connectivity index (χ2v) is 7.51. The van der Waals surface area contributed by atoms with Crippen LogP contribution in [-0.4, -0.2) is 31.4 Å². The van der Waals surface area contributed by atoms with E-state index in [1.54, 1.807) is 19.2 Å². The maximum atomic E-state index is 12.1. The minimum atomic E-state index is -3.45. The number of nitrogens with one attached hydrogen (secondary N) is 1. The Morgan fingerprint density at radius 3 is 2.58 bits per heavy atom. The summed E-state index contributed by atoms with van der Waals surface area (Å²) >= 11 is 0. The van der Waals surface area contributed by atoms with Crippen LogP contribution in [0.25, 0.3) is 11.4 Å². The summed E-state index contributed by atoms with van der Waals surface area (Å²) in [5.74, 6) is 1.14. The van der Waals surface area contributed by atoms with E-state index in [0.717, 1.165) is 5.56 Å². The maximum absolute atomic E-state index is 12.1. The minimum Gasteiger partial charge on any atom is -0.496 e. The number of hydrogen-bond acceptors (Lipinski definition) is 6. The van der Waals surface area contributed by atoms with Gasteiger partial charge < -0.3 is 9.26 Å². The number of rotatable bonds is 8. The van der Waals surface area contributed by atoms with Crippen molar-refractivity contribution in [1.29, 1.82) is 0 Å². The van der Waals surface area contributed by atoms with E-state index in [4.69, 9.17) is 9.26 Å². The van der Waals surface area contributed by atoms with Crippen LogP contribution in [0.3, 0.4) is 0 Å². The molecule has 0 fully saturated rings. The maximum Gasteiger partial charge on any atom is 0.242 e. The number of hydrogen-bond donors (Lipinski definition) is 1. The first-order valence-electron chi connectivity index (χ1n) is 8.04. The van der Waals surface area contributed by atoms with Crippen molar-refractivity contribution in [3.05, 3.63) is 66.1 Å². The molecule has 1 aromatic heterocycles. The summed E-state index contributed by atoms with van der Waals surface area (Å²) < 4.78 is 37.1. The quantitative estimate of drug-likeness (QED) is 0.652. The second kappa shape index (κ2) is 8.11. The third-order valence-electron chi connectivity index (χ3n) is 3.76. The molecule has 26 heavy (non-hydrogen) atoms. The van der Waals surface area contributed by atoms with Crippen molar-refractivity contribution in [2.24, 2.45) is 0 Å². The molecule has 0 amide bonds. The summed E-state index contributed by atoms with van der Waals surface area (Å²) in [6.45, 7) is -0.0563. The standard InChI is InChI=1S/C18H19N3O4S/c1-24-16-10-6-5-9-15(16)18-20-17(25-21-18)13-19-26(22,23)12-11-14-7-3-2-4-8-14/h2-10,19H,11-13H2,1H3. The predicted octanol–water partition coefficient (Wildman–Crippen LogP) is 2.41. The van der Waals surface area contributed by atoms with Gasteiger partial charge in [-0.25, -0.2) is 13.1 Å². The zero-order valence-electron chi connectivity index (χ0n) is 14.3. The van der Waals surface area contributed by atoms with Gasteiger partial charge in [-0.1, -0.05) is 47.6 Å². The molecule has 0 atom stereocenters. The number of aromatic nitrogens is 2. The Balaban J connectivity index is 1.60. The van der Waals surface area contributed by atoms with E-state index >= 15 is 0 Å². The number of sulfonamides is 1. The number of aryl methyl sites for hydroxylation is 1. The molecule has 3 aromatic rings. The SMILES string of the molecule is COc1ccccc1-c1noc(CNS(=O)(=O)CCc2ccccc2)n1. The lowest BCUT2D eigenvalue weighted by molar-refractivity contribution is 0.375.